The molecular weight excluding hydrogens is 269 g/mol. The van der Waals surface area contributed by atoms with Crippen LogP contribution in [-0.4, -0.2) is 37.8 Å². The van der Waals surface area contributed by atoms with Gasteiger partial charge in [-0.2, -0.15) is 0 Å². The number of ether oxygens (including phenoxy) is 1. The highest BCUT2D eigenvalue weighted by Gasteiger charge is 2.25. The summed E-state index contributed by atoms with van der Waals surface area (Å²) in [5, 5.41) is 0. The Bertz CT molecular complexity index is 475. The summed E-state index contributed by atoms with van der Waals surface area (Å²) in [5.41, 5.74) is 1.80. The van der Waals surface area contributed by atoms with E-state index in [-0.39, 0.29) is 18.6 Å². The van der Waals surface area contributed by atoms with Crippen LogP contribution in [-0.2, 0) is 18.4 Å². The van der Waals surface area contributed by atoms with Gasteiger partial charge < -0.3 is 13.8 Å². The summed E-state index contributed by atoms with van der Waals surface area (Å²) in [6.07, 6.45) is -0.315. The Balaban J connectivity index is 2.57. The molecule has 0 atom stereocenters. The Morgan fingerprint density at radius 2 is 1.89 bits per heavy atom. The van der Waals surface area contributed by atoms with Crippen LogP contribution in [0.5, 0.6) is 5.88 Å². The second-order valence-electron chi connectivity index (χ2n) is 4.09. The van der Waals surface area contributed by atoms with Crippen molar-refractivity contribution in [1.82, 2.24) is 4.98 Å². The number of carbonyl (C=O) groups is 1. The van der Waals surface area contributed by atoms with Crippen molar-refractivity contribution in [3.63, 3.8) is 0 Å². The average Bonchev–Trinajstić information content (AvgIpc) is 2.35. The Kier molecular flexibility index (Phi) is 5.66. The summed E-state index contributed by atoms with van der Waals surface area (Å²) in [4.78, 5) is 15.8. The minimum Gasteiger partial charge on any atom is -0.470 e. The van der Waals surface area contributed by atoms with E-state index in [0.29, 0.717) is 5.88 Å². The quantitative estimate of drug-likeness (QED) is 0.715. The molecule has 0 aromatic carbocycles. The molecule has 19 heavy (non-hydrogen) atoms. The van der Waals surface area contributed by atoms with Crippen molar-refractivity contribution in [3.05, 3.63) is 23.4 Å². The lowest BCUT2D eigenvalue weighted by Gasteiger charge is -2.12. The maximum Gasteiger partial charge on any atom is 0.337 e. The molecule has 1 aromatic heterocycles. The van der Waals surface area contributed by atoms with Crippen molar-refractivity contribution in [2.24, 2.45) is 0 Å². The Morgan fingerprint density at radius 1 is 1.26 bits per heavy atom. The van der Waals surface area contributed by atoms with Crippen LogP contribution in [0.2, 0.25) is 0 Å². The summed E-state index contributed by atoms with van der Waals surface area (Å²) in [6, 6.07) is 3.63. The van der Waals surface area contributed by atoms with Crippen molar-refractivity contribution in [2.75, 3.05) is 27.0 Å². The third-order valence-corrected chi connectivity index (χ3v) is 4.23. The maximum absolute atomic E-state index is 11.7. The van der Waals surface area contributed by atoms with Crippen LogP contribution in [0, 0.1) is 13.8 Å². The molecule has 0 amide bonds. The Hall–Kier alpha value is -1.23. The summed E-state index contributed by atoms with van der Waals surface area (Å²) < 4.78 is 26.4. The molecule has 0 saturated carbocycles. The number of hydrogen-bond acceptors (Lipinski definition) is 6. The smallest absolute Gasteiger partial charge is 0.337 e. The summed E-state index contributed by atoms with van der Waals surface area (Å²) in [7, 11) is -0.848. The molecule has 1 rings (SSSR count). The lowest BCUT2D eigenvalue weighted by Crippen LogP contribution is -2.17. The van der Waals surface area contributed by atoms with Gasteiger partial charge in [0.2, 0.25) is 5.88 Å². The van der Waals surface area contributed by atoms with E-state index in [9.17, 15) is 9.36 Å². The largest absolute Gasteiger partial charge is 0.470 e. The molecule has 0 bridgehead atoms. The SMILES string of the molecule is COP(=O)(CC(=O)COc1cc(C)cc(C)n1)OC. The summed E-state index contributed by atoms with van der Waals surface area (Å²) >= 11 is 0. The zero-order valence-corrected chi connectivity index (χ0v) is 12.4. The van der Waals surface area contributed by atoms with Crippen LogP contribution in [0.3, 0.4) is 0 Å². The van der Waals surface area contributed by atoms with Gasteiger partial charge >= 0.3 is 7.60 Å². The van der Waals surface area contributed by atoms with Crippen molar-refractivity contribution < 1.29 is 23.1 Å². The highest BCUT2D eigenvalue weighted by atomic mass is 31.2. The van der Waals surface area contributed by atoms with Gasteiger partial charge in [0.15, 0.2) is 5.78 Å². The van der Waals surface area contributed by atoms with Crippen LogP contribution in [0.1, 0.15) is 11.3 Å². The fourth-order valence-corrected chi connectivity index (χ4v) is 2.43. The van der Waals surface area contributed by atoms with Gasteiger partial charge in [0.1, 0.15) is 12.8 Å². The van der Waals surface area contributed by atoms with Crippen LogP contribution in [0.25, 0.3) is 0 Å². The van der Waals surface area contributed by atoms with Crippen molar-refractivity contribution >= 4 is 13.4 Å². The zero-order valence-electron chi connectivity index (χ0n) is 11.5. The number of ketones is 1. The van der Waals surface area contributed by atoms with E-state index >= 15 is 0 Å². The van der Waals surface area contributed by atoms with E-state index in [4.69, 9.17) is 4.74 Å². The topological polar surface area (TPSA) is 74.7 Å². The van der Waals surface area contributed by atoms with Gasteiger partial charge in [-0.25, -0.2) is 4.98 Å². The first-order valence-electron chi connectivity index (χ1n) is 5.69. The predicted octanol–water partition coefficient (Wildman–Crippen LogP) is 2.13. The number of nitrogens with zero attached hydrogens (tertiary/aromatic N) is 1. The van der Waals surface area contributed by atoms with E-state index < -0.39 is 7.60 Å². The number of aryl methyl sites for hydroxylation is 2. The summed E-state index contributed by atoms with van der Waals surface area (Å²) in [5.74, 6) is 0.00325. The third kappa shape index (κ3) is 5.11. The van der Waals surface area contributed by atoms with Gasteiger partial charge in [-0.15, -0.1) is 0 Å². The molecule has 0 aliphatic heterocycles. The lowest BCUT2D eigenvalue weighted by molar-refractivity contribution is -0.118. The third-order valence-electron chi connectivity index (χ3n) is 2.38. The molecule has 0 N–H and O–H groups in total. The molecule has 0 radical (unpaired) electrons. The van der Waals surface area contributed by atoms with E-state index in [1.54, 1.807) is 6.07 Å². The molecule has 0 spiro atoms. The van der Waals surface area contributed by atoms with E-state index in [1.807, 2.05) is 19.9 Å². The van der Waals surface area contributed by atoms with Crippen LogP contribution in [0.4, 0.5) is 0 Å². The molecule has 106 valence electrons. The summed E-state index contributed by atoms with van der Waals surface area (Å²) in [6.45, 7) is 3.53. The molecule has 1 heterocycles. The Labute approximate surface area is 112 Å². The molecule has 0 fully saturated rings. The molecule has 7 heteroatoms. The molecular formula is C12H18NO5P. The minimum atomic E-state index is -3.33. The number of carbonyl (C=O) groups excluding carboxylic acids is 1. The van der Waals surface area contributed by atoms with Gasteiger partial charge in [0.05, 0.1) is 0 Å². The molecule has 0 saturated heterocycles. The molecule has 1 aromatic rings. The fourth-order valence-electron chi connectivity index (χ4n) is 1.50. The van der Waals surface area contributed by atoms with Gasteiger partial charge in [0.25, 0.3) is 0 Å². The van der Waals surface area contributed by atoms with E-state index in [1.165, 1.54) is 14.2 Å². The van der Waals surface area contributed by atoms with Crippen molar-refractivity contribution in [1.29, 1.82) is 0 Å². The zero-order chi connectivity index (χ0) is 14.5. The van der Waals surface area contributed by atoms with Gasteiger partial charge in [-0.1, -0.05) is 0 Å². The number of aromatic nitrogens is 1. The monoisotopic (exact) mass is 287 g/mol. The maximum atomic E-state index is 11.7. The highest BCUT2D eigenvalue weighted by Crippen LogP contribution is 2.45. The number of Topliss-reactive ketones (excluding diaryl/α,β-unsaturated/α-hetero) is 1. The van der Waals surface area contributed by atoms with E-state index in [2.05, 4.69) is 14.0 Å². The number of hydrogen-bond donors (Lipinski definition) is 0. The first kappa shape index (κ1) is 15.8. The van der Waals surface area contributed by atoms with Crippen LogP contribution >= 0.6 is 7.60 Å². The normalized spacial score (nSPS) is 11.4. The van der Waals surface area contributed by atoms with E-state index in [0.717, 1.165) is 11.3 Å². The number of rotatable bonds is 7. The predicted molar refractivity (Wildman–Crippen MR) is 70.7 cm³/mol. The lowest BCUT2D eigenvalue weighted by atomic mass is 10.2. The van der Waals surface area contributed by atoms with Crippen LogP contribution in [0.15, 0.2) is 12.1 Å². The number of pyridine rings is 1. The first-order chi connectivity index (χ1) is 8.88. The van der Waals surface area contributed by atoms with Gasteiger partial charge in [0, 0.05) is 26.0 Å². The van der Waals surface area contributed by atoms with Crippen molar-refractivity contribution in [3.8, 4) is 5.88 Å². The highest BCUT2D eigenvalue weighted by molar-refractivity contribution is 7.54. The molecule has 0 aliphatic carbocycles. The van der Waals surface area contributed by atoms with Crippen LogP contribution < -0.4 is 4.74 Å². The molecule has 0 unspecified atom stereocenters. The van der Waals surface area contributed by atoms with Crippen molar-refractivity contribution in [2.45, 2.75) is 13.8 Å². The minimum absolute atomic E-state index is 0.216. The fraction of sp³-hybridized carbons (Fsp3) is 0.500. The standard InChI is InChI=1S/C12H18NO5P/c1-9-5-10(2)13-12(6-9)18-7-11(14)8-19(15,16-3)17-4/h5-6H,7-8H2,1-4H3. The first-order valence-corrected chi connectivity index (χ1v) is 7.41. The molecule has 0 aliphatic rings. The Morgan fingerprint density at radius 3 is 2.42 bits per heavy atom. The second-order valence-corrected chi connectivity index (χ2v) is 6.35. The second kappa shape index (κ2) is 6.80. The molecule has 6 nitrogen and oxygen atoms in total. The van der Waals surface area contributed by atoms with Gasteiger partial charge in [-0.05, 0) is 25.5 Å². The van der Waals surface area contributed by atoms with Gasteiger partial charge in [-0.3, -0.25) is 9.36 Å². The average molecular weight is 287 g/mol.